The van der Waals surface area contributed by atoms with Crippen molar-refractivity contribution in [3.63, 3.8) is 0 Å². The van der Waals surface area contributed by atoms with E-state index in [1.54, 1.807) is 30.7 Å². The van der Waals surface area contributed by atoms with Crippen molar-refractivity contribution in [3.8, 4) is 0 Å². The molecular weight excluding hydrogens is 352 g/mol. The maximum Gasteiger partial charge on any atom is 0.255 e. The summed E-state index contributed by atoms with van der Waals surface area (Å²) in [6.07, 6.45) is 6.85. The standard InChI is InChI=1S/C21H22N6O/c1-14-6-3-10-23-20(14)26-19-12-17(24-15(2)25-19)18-8-5-11-27(18)21(28)16-7-4-9-22-13-16/h3-4,6-7,9-10,12-13,18H,5,8,11H2,1-2H3,(H,23,24,25,26)/t18-/m0/s1. The zero-order valence-corrected chi connectivity index (χ0v) is 16.0. The maximum absolute atomic E-state index is 13.0. The third-order valence-electron chi connectivity index (χ3n) is 4.88. The Morgan fingerprint density at radius 1 is 1.18 bits per heavy atom. The number of carbonyl (C=O) groups is 1. The highest BCUT2D eigenvalue weighted by molar-refractivity contribution is 5.94. The minimum Gasteiger partial charge on any atom is -0.330 e. The molecule has 1 amide bonds. The molecule has 1 N–H and O–H groups in total. The molecule has 1 atom stereocenters. The number of aromatic nitrogens is 4. The van der Waals surface area contributed by atoms with Crippen molar-refractivity contribution in [2.75, 3.05) is 11.9 Å². The summed E-state index contributed by atoms with van der Waals surface area (Å²) in [4.78, 5) is 32.4. The lowest BCUT2D eigenvalue weighted by atomic mass is 10.1. The largest absolute Gasteiger partial charge is 0.330 e. The van der Waals surface area contributed by atoms with Crippen LogP contribution in [0.5, 0.6) is 0 Å². The number of aryl methyl sites for hydroxylation is 2. The zero-order chi connectivity index (χ0) is 19.5. The zero-order valence-electron chi connectivity index (χ0n) is 16.0. The van der Waals surface area contributed by atoms with Crippen LogP contribution in [0.2, 0.25) is 0 Å². The summed E-state index contributed by atoms with van der Waals surface area (Å²) in [5, 5.41) is 3.28. The van der Waals surface area contributed by atoms with E-state index in [-0.39, 0.29) is 11.9 Å². The molecule has 3 aromatic heterocycles. The van der Waals surface area contributed by atoms with E-state index in [1.165, 1.54) is 0 Å². The van der Waals surface area contributed by atoms with Gasteiger partial charge in [-0.1, -0.05) is 6.07 Å². The predicted molar refractivity (Wildman–Crippen MR) is 106 cm³/mol. The lowest BCUT2D eigenvalue weighted by Crippen LogP contribution is -2.31. The van der Waals surface area contributed by atoms with Crippen molar-refractivity contribution in [2.24, 2.45) is 0 Å². The van der Waals surface area contributed by atoms with E-state index in [0.29, 0.717) is 23.8 Å². The van der Waals surface area contributed by atoms with Gasteiger partial charge in [0.2, 0.25) is 0 Å². The fourth-order valence-corrected chi connectivity index (χ4v) is 3.54. The van der Waals surface area contributed by atoms with Gasteiger partial charge in [-0.05, 0) is 50.5 Å². The summed E-state index contributed by atoms with van der Waals surface area (Å²) in [7, 11) is 0. The van der Waals surface area contributed by atoms with Crippen molar-refractivity contribution in [1.82, 2.24) is 24.8 Å². The number of anilines is 2. The first-order valence-electron chi connectivity index (χ1n) is 9.37. The number of carbonyl (C=O) groups excluding carboxylic acids is 1. The average Bonchev–Trinajstić information content (AvgIpc) is 3.19. The summed E-state index contributed by atoms with van der Waals surface area (Å²) < 4.78 is 0. The first kappa shape index (κ1) is 18.0. The van der Waals surface area contributed by atoms with Crippen LogP contribution in [0.25, 0.3) is 0 Å². The van der Waals surface area contributed by atoms with Gasteiger partial charge in [0, 0.05) is 31.2 Å². The van der Waals surface area contributed by atoms with E-state index in [4.69, 9.17) is 0 Å². The van der Waals surface area contributed by atoms with Crippen LogP contribution >= 0.6 is 0 Å². The minimum absolute atomic E-state index is 0.0121. The van der Waals surface area contributed by atoms with Gasteiger partial charge in [0.15, 0.2) is 0 Å². The summed E-state index contributed by atoms with van der Waals surface area (Å²) in [5.41, 5.74) is 2.48. The molecule has 4 rings (SSSR count). The minimum atomic E-state index is -0.0696. The first-order chi connectivity index (χ1) is 13.6. The predicted octanol–water partition coefficient (Wildman–Crippen LogP) is 3.60. The quantitative estimate of drug-likeness (QED) is 0.751. The fourth-order valence-electron chi connectivity index (χ4n) is 3.54. The van der Waals surface area contributed by atoms with Gasteiger partial charge in [-0.25, -0.2) is 15.0 Å². The Bertz CT molecular complexity index is 991. The van der Waals surface area contributed by atoms with Crippen LogP contribution in [0, 0.1) is 13.8 Å². The molecule has 0 aliphatic carbocycles. The number of hydrogen-bond acceptors (Lipinski definition) is 6. The molecule has 0 radical (unpaired) electrons. The molecule has 7 heteroatoms. The second kappa shape index (κ2) is 7.72. The van der Waals surface area contributed by atoms with Gasteiger partial charge >= 0.3 is 0 Å². The molecule has 142 valence electrons. The van der Waals surface area contributed by atoms with Gasteiger partial charge in [0.1, 0.15) is 17.5 Å². The van der Waals surface area contributed by atoms with Gasteiger partial charge in [-0.15, -0.1) is 0 Å². The Morgan fingerprint density at radius 3 is 2.82 bits per heavy atom. The smallest absolute Gasteiger partial charge is 0.255 e. The van der Waals surface area contributed by atoms with Gasteiger partial charge in [-0.2, -0.15) is 0 Å². The first-order valence-corrected chi connectivity index (χ1v) is 9.37. The monoisotopic (exact) mass is 374 g/mol. The number of amides is 1. The highest BCUT2D eigenvalue weighted by Gasteiger charge is 2.32. The molecule has 7 nitrogen and oxygen atoms in total. The second-order valence-electron chi connectivity index (χ2n) is 6.92. The molecule has 0 aromatic carbocycles. The summed E-state index contributed by atoms with van der Waals surface area (Å²) in [6.45, 7) is 4.57. The number of hydrogen-bond donors (Lipinski definition) is 1. The lowest BCUT2D eigenvalue weighted by molar-refractivity contribution is 0.0732. The van der Waals surface area contributed by atoms with Crippen LogP contribution in [0.4, 0.5) is 11.6 Å². The van der Waals surface area contributed by atoms with Crippen LogP contribution in [0.3, 0.4) is 0 Å². The lowest BCUT2D eigenvalue weighted by Gasteiger charge is -2.25. The third-order valence-corrected chi connectivity index (χ3v) is 4.88. The normalized spacial score (nSPS) is 16.2. The highest BCUT2D eigenvalue weighted by Crippen LogP contribution is 2.33. The summed E-state index contributed by atoms with van der Waals surface area (Å²) in [5.74, 6) is 2.10. The molecular formula is C21H22N6O. The van der Waals surface area contributed by atoms with Crippen LogP contribution in [0.1, 0.15) is 46.3 Å². The Morgan fingerprint density at radius 2 is 2.04 bits per heavy atom. The average molecular weight is 374 g/mol. The van der Waals surface area contributed by atoms with Gasteiger partial charge in [-0.3, -0.25) is 9.78 Å². The SMILES string of the molecule is Cc1nc(Nc2ncccc2C)cc([C@@H]2CCCN2C(=O)c2cccnc2)n1. The topological polar surface area (TPSA) is 83.9 Å². The van der Waals surface area contributed by atoms with Crippen LogP contribution in [0.15, 0.2) is 48.9 Å². The molecule has 1 saturated heterocycles. The van der Waals surface area contributed by atoms with E-state index < -0.39 is 0 Å². The molecule has 4 heterocycles. The van der Waals surface area contributed by atoms with Gasteiger partial charge < -0.3 is 10.2 Å². The second-order valence-corrected chi connectivity index (χ2v) is 6.92. The Labute approximate surface area is 163 Å². The maximum atomic E-state index is 13.0. The number of nitrogens with zero attached hydrogens (tertiary/aromatic N) is 5. The number of nitrogens with one attached hydrogen (secondary N) is 1. The van der Waals surface area contributed by atoms with Crippen LogP contribution in [-0.4, -0.2) is 37.3 Å². The molecule has 28 heavy (non-hydrogen) atoms. The molecule has 0 unspecified atom stereocenters. The molecule has 1 fully saturated rings. The van der Waals surface area contributed by atoms with Crippen molar-refractivity contribution < 1.29 is 4.79 Å². The van der Waals surface area contributed by atoms with E-state index in [0.717, 1.165) is 29.9 Å². The fraction of sp³-hybridized carbons (Fsp3) is 0.286. The van der Waals surface area contributed by atoms with Gasteiger partial charge in [0.05, 0.1) is 17.3 Å². The van der Waals surface area contributed by atoms with E-state index in [1.807, 2.05) is 36.9 Å². The van der Waals surface area contributed by atoms with Crippen molar-refractivity contribution in [3.05, 3.63) is 71.6 Å². The van der Waals surface area contributed by atoms with Gasteiger partial charge in [0.25, 0.3) is 5.91 Å². The number of rotatable bonds is 4. The van der Waals surface area contributed by atoms with Crippen molar-refractivity contribution in [1.29, 1.82) is 0 Å². The molecule has 0 bridgehead atoms. The third kappa shape index (κ3) is 3.69. The molecule has 0 spiro atoms. The molecule has 1 aliphatic rings. The summed E-state index contributed by atoms with van der Waals surface area (Å²) >= 11 is 0. The Balaban J connectivity index is 1.62. The van der Waals surface area contributed by atoms with Crippen LogP contribution < -0.4 is 5.32 Å². The summed E-state index contributed by atoms with van der Waals surface area (Å²) in [6, 6.07) is 9.32. The number of pyridine rings is 2. The Hall–Kier alpha value is -3.35. The van der Waals surface area contributed by atoms with Crippen molar-refractivity contribution >= 4 is 17.5 Å². The van der Waals surface area contributed by atoms with E-state index in [2.05, 4.69) is 25.3 Å². The molecule has 0 saturated carbocycles. The molecule has 3 aromatic rings. The Kier molecular flexibility index (Phi) is 4.97. The van der Waals surface area contributed by atoms with Crippen LogP contribution in [-0.2, 0) is 0 Å². The van der Waals surface area contributed by atoms with E-state index >= 15 is 0 Å². The number of likely N-dealkylation sites (tertiary alicyclic amines) is 1. The molecule has 1 aliphatic heterocycles. The van der Waals surface area contributed by atoms with E-state index in [9.17, 15) is 4.79 Å². The van der Waals surface area contributed by atoms with Crippen molar-refractivity contribution in [2.45, 2.75) is 32.7 Å². The highest BCUT2D eigenvalue weighted by atomic mass is 16.2.